The van der Waals surface area contributed by atoms with E-state index in [0.29, 0.717) is 24.6 Å². The van der Waals surface area contributed by atoms with Gasteiger partial charge in [0.1, 0.15) is 11.4 Å². The molecular formula is C15H16FNO2. The molecule has 19 heavy (non-hydrogen) atoms. The first-order valence-corrected chi connectivity index (χ1v) is 6.52. The molecule has 1 aliphatic carbocycles. The molecule has 3 rings (SSSR count). The minimum atomic E-state index is -0.665. The highest BCUT2D eigenvalue weighted by atomic mass is 19.1. The van der Waals surface area contributed by atoms with Gasteiger partial charge in [-0.2, -0.15) is 0 Å². The molecule has 1 aliphatic heterocycles. The molecule has 1 aromatic carbocycles. The molecule has 100 valence electrons. The van der Waals surface area contributed by atoms with E-state index in [2.05, 4.69) is 0 Å². The highest BCUT2D eigenvalue weighted by molar-refractivity contribution is 5.92. The van der Waals surface area contributed by atoms with E-state index in [4.69, 9.17) is 0 Å². The second-order valence-electron chi connectivity index (χ2n) is 5.43. The van der Waals surface area contributed by atoms with Gasteiger partial charge in [0.05, 0.1) is 13.1 Å². The zero-order valence-electron chi connectivity index (χ0n) is 10.6. The number of hydrogen-bond acceptors (Lipinski definition) is 2. The first-order valence-electron chi connectivity index (χ1n) is 6.52. The van der Waals surface area contributed by atoms with Crippen molar-refractivity contribution in [3.05, 3.63) is 41.7 Å². The van der Waals surface area contributed by atoms with Crippen molar-refractivity contribution in [1.29, 1.82) is 0 Å². The largest absolute Gasteiger partial charge is 0.386 e. The lowest BCUT2D eigenvalue weighted by molar-refractivity contribution is -0.154. The normalized spacial score (nSPS) is 21.5. The summed E-state index contributed by atoms with van der Waals surface area (Å²) in [6.45, 7) is 0.802. The van der Waals surface area contributed by atoms with Crippen LogP contribution in [0.1, 0.15) is 18.4 Å². The predicted octanol–water partition coefficient (Wildman–Crippen LogP) is 1.82. The maximum atomic E-state index is 13.4. The van der Waals surface area contributed by atoms with Gasteiger partial charge in [0.25, 0.3) is 0 Å². The summed E-state index contributed by atoms with van der Waals surface area (Å²) >= 11 is 0. The van der Waals surface area contributed by atoms with E-state index in [0.717, 1.165) is 12.8 Å². The number of benzene rings is 1. The van der Waals surface area contributed by atoms with Gasteiger partial charge in [-0.1, -0.05) is 18.2 Å². The van der Waals surface area contributed by atoms with Gasteiger partial charge in [-0.05, 0) is 30.9 Å². The zero-order valence-corrected chi connectivity index (χ0v) is 10.6. The Morgan fingerprint density at radius 3 is 2.68 bits per heavy atom. The molecule has 1 saturated heterocycles. The molecule has 1 N–H and O–H groups in total. The van der Waals surface area contributed by atoms with Crippen LogP contribution in [0.3, 0.4) is 0 Å². The van der Waals surface area contributed by atoms with Crippen molar-refractivity contribution in [3.8, 4) is 0 Å². The number of nitrogens with zero attached hydrogens (tertiary/aromatic N) is 1. The van der Waals surface area contributed by atoms with Gasteiger partial charge in [-0.15, -0.1) is 0 Å². The summed E-state index contributed by atoms with van der Waals surface area (Å²) in [5, 5.41) is 10.1. The molecule has 0 unspecified atom stereocenters. The van der Waals surface area contributed by atoms with Crippen LogP contribution in [0.25, 0.3) is 6.08 Å². The second-order valence-corrected chi connectivity index (χ2v) is 5.43. The van der Waals surface area contributed by atoms with Gasteiger partial charge in [-0.25, -0.2) is 4.39 Å². The Kier molecular flexibility index (Phi) is 2.90. The highest BCUT2D eigenvalue weighted by Gasteiger charge is 2.52. The van der Waals surface area contributed by atoms with E-state index in [1.54, 1.807) is 23.1 Å². The number of carbonyl (C=O) groups is 1. The molecule has 0 aromatic heterocycles. The molecule has 3 nitrogen and oxygen atoms in total. The Labute approximate surface area is 111 Å². The fourth-order valence-corrected chi connectivity index (χ4v) is 2.53. The van der Waals surface area contributed by atoms with Crippen LogP contribution >= 0.6 is 0 Å². The van der Waals surface area contributed by atoms with Crippen molar-refractivity contribution in [2.75, 3.05) is 13.1 Å². The molecule has 4 heteroatoms. The molecule has 1 saturated carbocycles. The Bertz CT molecular complexity index is 531. The van der Waals surface area contributed by atoms with Crippen molar-refractivity contribution < 1.29 is 14.3 Å². The summed E-state index contributed by atoms with van der Waals surface area (Å²) in [7, 11) is 0. The smallest absolute Gasteiger partial charge is 0.246 e. The molecule has 0 spiro atoms. The fourth-order valence-electron chi connectivity index (χ4n) is 2.53. The van der Waals surface area contributed by atoms with Gasteiger partial charge >= 0.3 is 0 Å². The van der Waals surface area contributed by atoms with E-state index < -0.39 is 5.60 Å². The van der Waals surface area contributed by atoms with E-state index in [-0.39, 0.29) is 11.7 Å². The van der Waals surface area contributed by atoms with Gasteiger partial charge in [-0.3, -0.25) is 4.79 Å². The Hall–Kier alpha value is -1.68. The van der Waals surface area contributed by atoms with Crippen molar-refractivity contribution >= 4 is 12.0 Å². The monoisotopic (exact) mass is 261 g/mol. The first kappa shape index (κ1) is 12.4. The standard InChI is InChI=1S/C15H16FNO2/c16-13-4-2-1-3-11(13)5-8-14(18)17-9-15(19,10-17)12-6-7-12/h1-5,8,12,19H,6-7,9-10H2. The molecule has 1 aromatic rings. The zero-order chi connectivity index (χ0) is 13.5. The summed E-state index contributed by atoms with van der Waals surface area (Å²) < 4.78 is 13.4. The molecule has 1 heterocycles. The number of rotatable bonds is 3. The highest BCUT2D eigenvalue weighted by Crippen LogP contribution is 2.44. The number of aliphatic hydroxyl groups is 1. The third-order valence-electron chi connectivity index (χ3n) is 3.89. The molecular weight excluding hydrogens is 245 g/mol. The fraction of sp³-hybridized carbons (Fsp3) is 0.400. The number of carbonyl (C=O) groups excluding carboxylic acids is 1. The molecule has 0 atom stereocenters. The Morgan fingerprint density at radius 1 is 1.37 bits per heavy atom. The molecule has 1 amide bonds. The first-order chi connectivity index (χ1) is 9.08. The molecule has 2 aliphatic rings. The number of likely N-dealkylation sites (tertiary alicyclic amines) is 1. The summed E-state index contributed by atoms with van der Waals surface area (Å²) in [5.41, 5.74) is -0.268. The van der Waals surface area contributed by atoms with Crippen molar-refractivity contribution in [2.45, 2.75) is 18.4 Å². The van der Waals surface area contributed by atoms with Crippen LogP contribution in [0.2, 0.25) is 0 Å². The third-order valence-corrected chi connectivity index (χ3v) is 3.89. The summed E-state index contributed by atoms with van der Waals surface area (Å²) in [6.07, 6.45) is 4.96. The number of hydrogen-bond donors (Lipinski definition) is 1. The Balaban J connectivity index is 1.59. The number of β-amino-alcohol motifs (C(OH)–C–C–N with tert-alkyl or cyclic N) is 1. The van der Waals surface area contributed by atoms with Crippen molar-refractivity contribution in [3.63, 3.8) is 0 Å². The van der Waals surface area contributed by atoms with Crippen molar-refractivity contribution in [1.82, 2.24) is 4.90 Å². The van der Waals surface area contributed by atoms with Crippen LogP contribution in [0.15, 0.2) is 30.3 Å². The minimum Gasteiger partial charge on any atom is -0.386 e. The number of amides is 1. The topological polar surface area (TPSA) is 40.5 Å². The van der Waals surface area contributed by atoms with Crippen molar-refractivity contribution in [2.24, 2.45) is 5.92 Å². The quantitative estimate of drug-likeness (QED) is 0.843. The molecule has 0 bridgehead atoms. The van der Waals surface area contributed by atoms with E-state index in [1.165, 1.54) is 18.2 Å². The average Bonchev–Trinajstić information content (AvgIpc) is 3.18. The van der Waals surface area contributed by atoms with Crippen LogP contribution in [-0.4, -0.2) is 34.6 Å². The van der Waals surface area contributed by atoms with E-state index in [1.807, 2.05) is 0 Å². The number of halogens is 1. The van der Waals surface area contributed by atoms with Gasteiger partial charge < -0.3 is 10.0 Å². The maximum absolute atomic E-state index is 13.4. The van der Waals surface area contributed by atoms with Crippen LogP contribution < -0.4 is 0 Å². The predicted molar refractivity (Wildman–Crippen MR) is 69.7 cm³/mol. The third kappa shape index (κ3) is 2.40. The lowest BCUT2D eigenvalue weighted by Crippen LogP contribution is -2.64. The lowest BCUT2D eigenvalue weighted by Gasteiger charge is -2.46. The lowest BCUT2D eigenvalue weighted by atomic mass is 9.88. The Morgan fingerprint density at radius 2 is 2.05 bits per heavy atom. The van der Waals surface area contributed by atoms with Crippen LogP contribution in [0, 0.1) is 11.7 Å². The van der Waals surface area contributed by atoms with Gasteiger partial charge in [0.15, 0.2) is 0 Å². The summed E-state index contributed by atoms with van der Waals surface area (Å²) in [5.74, 6) is -0.148. The SMILES string of the molecule is O=C(C=Cc1ccccc1F)N1CC(O)(C2CC2)C1. The summed E-state index contributed by atoms with van der Waals surface area (Å²) in [6, 6.07) is 6.32. The summed E-state index contributed by atoms with van der Waals surface area (Å²) in [4.78, 5) is 13.4. The van der Waals surface area contributed by atoms with Gasteiger partial charge in [0.2, 0.25) is 5.91 Å². The van der Waals surface area contributed by atoms with Crippen LogP contribution in [-0.2, 0) is 4.79 Å². The van der Waals surface area contributed by atoms with E-state index >= 15 is 0 Å². The van der Waals surface area contributed by atoms with Crippen LogP contribution in [0.4, 0.5) is 4.39 Å². The van der Waals surface area contributed by atoms with E-state index in [9.17, 15) is 14.3 Å². The van der Waals surface area contributed by atoms with Gasteiger partial charge in [0, 0.05) is 11.6 Å². The van der Waals surface area contributed by atoms with Crippen LogP contribution in [0.5, 0.6) is 0 Å². The maximum Gasteiger partial charge on any atom is 0.246 e. The molecule has 2 fully saturated rings. The average molecular weight is 261 g/mol. The second kappa shape index (κ2) is 4.46. The molecule has 0 radical (unpaired) electrons. The minimum absolute atomic E-state index is 0.173.